The van der Waals surface area contributed by atoms with Crippen LogP contribution in [0.3, 0.4) is 0 Å². The van der Waals surface area contributed by atoms with Gasteiger partial charge in [-0.15, -0.1) is 0 Å². The normalized spacial score (nSPS) is 12.5. The molecule has 0 atom stereocenters. The molecule has 0 saturated carbocycles. The summed E-state index contributed by atoms with van der Waals surface area (Å²) in [4.78, 5) is 10.5. The summed E-state index contributed by atoms with van der Waals surface area (Å²) in [6, 6.07) is 0. The second-order valence-corrected chi connectivity index (χ2v) is 2.83. The molecule has 0 rings (SSSR count). The van der Waals surface area contributed by atoms with Crippen molar-refractivity contribution in [2.24, 2.45) is 0 Å². The molecular formula is C9H16O3. The predicted octanol–water partition coefficient (Wildman–Crippen LogP) is 2.48. The minimum atomic E-state index is -1.01. The molecule has 0 aliphatic heterocycles. The van der Waals surface area contributed by atoms with Gasteiger partial charge in [-0.25, -0.2) is 4.79 Å². The van der Waals surface area contributed by atoms with Gasteiger partial charge in [-0.05, 0) is 19.8 Å². The maximum absolute atomic E-state index is 10.5. The number of carbonyl (C=O) groups is 1. The van der Waals surface area contributed by atoms with Crippen molar-refractivity contribution < 1.29 is 15.0 Å². The Morgan fingerprint density at radius 1 is 1.25 bits per heavy atom. The van der Waals surface area contributed by atoms with Crippen molar-refractivity contribution in [2.45, 2.75) is 39.5 Å². The Bertz CT molecular complexity index is 178. The second kappa shape index (κ2) is 5.63. The highest BCUT2D eigenvalue weighted by molar-refractivity contribution is 5.86. The lowest BCUT2D eigenvalue weighted by Gasteiger charge is -2.02. The fraction of sp³-hybridized carbons (Fsp3) is 0.667. The molecule has 0 aliphatic rings. The van der Waals surface area contributed by atoms with Crippen molar-refractivity contribution in [3.05, 3.63) is 11.3 Å². The Kier molecular flexibility index (Phi) is 5.17. The van der Waals surface area contributed by atoms with Gasteiger partial charge in [-0.2, -0.15) is 0 Å². The maximum Gasteiger partial charge on any atom is 0.334 e. The number of hydrogen-bond donors (Lipinski definition) is 2. The largest absolute Gasteiger partial charge is 0.512 e. The van der Waals surface area contributed by atoms with Gasteiger partial charge in [-0.1, -0.05) is 19.8 Å². The quantitative estimate of drug-likeness (QED) is 0.380. The van der Waals surface area contributed by atoms with Crippen molar-refractivity contribution in [3.8, 4) is 0 Å². The van der Waals surface area contributed by atoms with E-state index in [1.54, 1.807) is 0 Å². The number of carboxylic acid groups (broad SMARTS) is 1. The molecule has 0 fully saturated rings. The van der Waals surface area contributed by atoms with Gasteiger partial charge in [0.25, 0.3) is 0 Å². The van der Waals surface area contributed by atoms with E-state index in [0.29, 0.717) is 6.42 Å². The zero-order valence-corrected chi connectivity index (χ0v) is 7.63. The summed E-state index contributed by atoms with van der Waals surface area (Å²) in [6.07, 6.45) is 3.35. The van der Waals surface area contributed by atoms with Crippen LogP contribution < -0.4 is 0 Å². The molecule has 0 unspecified atom stereocenters. The minimum Gasteiger partial charge on any atom is -0.512 e. The molecule has 3 heteroatoms. The van der Waals surface area contributed by atoms with Crippen LogP contribution in [0.1, 0.15) is 39.5 Å². The fourth-order valence-corrected chi connectivity index (χ4v) is 0.994. The monoisotopic (exact) mass is 172 g/mol. The molecule has 0 amide bonds. The van der Waals surface area contributed by atoms with E-state index >= 15 is 0 Å². The molecule has 0 aliphatic carbocycles. The van der Waals surface area contributed by atoms with E-state index in [2.05, 4.69) is 6.92 Å². The number of carboxylic acids is 1. The Balaban J connectivity index is 4.00. The zero-order chi connectivity index (χ0) is 9.56. The van der Waals surface area contributed by atoms with Gasteiger partial charge in [0.2, 0.25) is 0 Å². The predicted molar refractivity (Wildman–Crippen MR) is 47.1 cm³/mol. The van der Waals surface area contributed by atoms with Crippen LogP contribution in [0.25, 0.3) is 0 Å². The highest BCUT2D eigenvalue weighted by Gasteiger charge is 2.09. The van der Waals surface area contributed by atoms with Crippen LogP contribution in [0.2, 0.25) is 0 Å². The first-order valence-corrected chi connectivity index (χ1v) is 4.21. The Morgan fingerprint density at radius 3 is 2.17 bits per heavy atom. The summed E-state index contributed by atoms with van der Waals surface area (Å²) in [5.74, 6) is -1.08. The number of hydrogen-bond acceptors (Lipinski definition) is 2. The lowest BCUT2D eigenvalue weighted by Crippen LogP contribution is -2.03. The maximum atomic E-state index is 10.5. The molecule has 0 radical (unpaired) electrons. The number of unbranched alkanes of at least 4 members (excludes halogenated alkanes) is 2. The minimum absolute atomic E-state index is 0.0707. The first kappa shape index (κ1) is 11.0. The SMILES string of the molecule is CCCCC/C(C(=O)O)=C(\C)O. The molecule has 12 heavy (non-hydrogen) atoms. The lowest BCUT2D eigenvalue weighted by atomic mass is 10.1. The number of allylic oxidation sites excluding steroid dienone is 1. The van der Waals surface area contributed by atoms with Crippen molar-refractivity contribution in [1.82, 2.24) is 0 Å². The molecule has 0 bridgehead atoms. The number of aliphatic hydroxyl groups is 1. The fourth-order valence-electron chi connectivity index (χ4n) is 0.994. The van der Waals surface area contributed by atoms with E-state index < -0.39 is 5.97 Å². The van der Waals surface area contributed by atoms with Crippen LogP contribution >= 0.6 is 0 Å². The summed E-state index contributed by atoms with van der Waals surface area (Å²) in [7, 11) is 0. The zero-order valence-electron chi connectivity index (χ0n) is 7.63. The average molecular weight is 172 g/mol. The highest BCUT2D eigenvalue weighted by atomic mass is 16.4. The Hall–Kier alpha value is -0.990. The van der Waals surface area contributed by atoms with E-state index in [1.807, 2.05) is 0 Å². The molecular weight excluding hydrogens is 156 g/mol. The number of rotatable bonds is 5. The molecule has 0 spiro atoms. The van der Waals surface area contributed by atoms with Gasteiger partial charge in [0, 0.05) is 0 Å². The van der Waals surface area contributed by atoms with Gasteiger partial charge in [0.1, 0.15) is 0 Å². The molecule has 3 nitrogen and oxygen atoms in total. The van der Waals surface area contributed by atoms with E-state index in [0.717, 1.165) is 19.3 Å². The van der Waals surface area contributed by atoms with Crippen LogP contribution in [-0.4, -0.2) is 16.2 Å². The molecule has 0 heterocycles. The van der Waals surface area contributed by atoms with Gasteiger partial charge in [0.15, 0.2) is 0 Å². The molecule has 70 valence electrons. The van der Waals surface area contributed by atoms with E-state index in [4.69, 9.17) is 10.2 Å². The molecule has 0 aromatic carbocycles. The summed E-state index contributed by atoms with van der Waals surface area (Å²) in [5, 5.41) is 17.6. The molecule has 0 aromatic heterocycles. The first-order chi connectivity index (χ1) is 5.59. The molecule has 0 aromatic rings. The van der Waals surface area contributed by atoms with Gasteiger partial charge >= 0.3 is 5.97 Å². The second-order valence-electron chi connectivity index (χ2n) is 2.83. The Labute approximate surface area is 72.7 Å². The molecule has 0 saturated heterocycles. The third-order valence-electron chi connectivity index (χ3n) is 1.73. The smallest absolute Gasteiger partial charge is 0.334 e. The van der Waals surface area contributed by atoms with Crippen LogP contribution in [0.15, 0.2) is 11.3 Å². The number of aliphatic carboxylic acids is 1. The van der Waals surface area contributed by atoms with Crippen LogP contribution in [-0.2, 0) is 4.79 Å². The highest BCUT2D eigenvalue weighted by Crippen LogP contribution is 2.11. The molecule has 2 N–H and O–H groups in total. The topological polar surface area (TPSA) is 57.5 Å². The van der Waals surface area contributed by atoms with Crippen molar-refractivity contribution >= 4 is 5.97 Å². The average Bonchev–Trinajstić information content (AvgIpc) is 1.96. The van der Waals surface area contributed by atoms with Crippen LogP contribution in [0.4, 0.5) is 0 Å². The van der Waals surface area contributed by atoms with Crippen molar-refractivity contribution in [2.75, 3.05) is 0 Å². The lowest BCUT2D eigenvalue weighted by molar-refractivity contribution is -0.133. The van der Waals surface area contributed by atoms with Crippen molar-refractivity contribution in [1.29, 1.82) is 0 Å². The summed E-state index contributed by atoms with van der Waals surface area (Å²) >= 11 is 0. The van der Waals surface area contributed by atoms with E-state index in [1.165, 1.54) is 6.92 Å². The van der Waals surface area contributed by atoms with E-state index in [9.17, 15) is 4.79 Å². The Morgan fingerprint density at radius 2 is 1.83 bits per heavy atom. The third kappa shape index (κ3) is 4.01. The van der Waals surface area contributed by atoms with Crippen LogP contribution in [0, 0.1) is 0 Å². The van der Waals surface area contributed by atoms with Gasteiger partial charge in [-0.3, -0.25) is 0 Å². The van der Waals surface area contributed by atoms with Gasteiger partial charge < -0.3 is 10.2 Å². The first-order valence-electron chi connectivity index (χ1n) is 4.21. The van der Waals surface area contributed by atoms with E-state index in [-0.39, 0.29) is 11.3 Å². The summed E-state index contributed by atoms with van der Waals surface area (Å²) < 4.78 is 0. The standard InChI is InChI=1S/C9H16O3/c1-3-4-5-6-8(7(2)10)9(11)12/h10H,3-6H2,1-2H3,(H,11,12)/b8-7-. The number of aliphatic hydroxyl groups excluding tert-OH is 1. The van der Waals surface area contributed by atoms with Gasteiger partial charge in [0.05, 0.1) is 11.3 Å². The third-order valence-corrected chi connectivity index (χ3v) is 1.73. The summed E-state index contributed by atoms with van der Waals surface area (Å²) in [5.41, 5.74) is 0.142. The van der Waals surface area contributed by atoms with Crippen molar-refractivity contribution in [3.63, 3.8) is 0 Å². The summed E-state index contributed by atoms with van der Waals surface area (Å²) in [6.45, 7) is 3.46. The van der Waals surface area contributed by atoms with Crippen LogP contribution in [0.5, 0.6) is 0 Å².